The molecule has 1 aromatic rings. The number of halogens is 3. The third-order valence-electron chi connectivity index (χ3n) is 1.23. The normalized spacial score (nSPS) is 10.9. The molecule has 0 saturated carbocycles. The van der Waals surface area contributed by atoms with Crippen molar-refractivity contribution in [2.24, 2.45) is 5.16 Å². The predicted molar refractivity (Wildman–Crippen MR) is 48.5 cm³/mol. The van der Waals surface area contributed by atoms with Crippen molar-refractivity contribution in [1.82, 2.24) is 0 Å². The van der Waals surface area contributed by atoms with Crippen molar-refractivity contribution in [3.63, 3.8) is 0 Å². The van der Waals surface area contributed by atoms with E-state index < -0.39 is 5.82 Å². The zero-order valence-corrected chi connectivity index (χ0v) is 8.10. The SMILES string of the molecule is ON=Cc1c(F)cc(Br)cc1Cl. The van der Waals surface area contributed by atoms with Crippen LogP contribution in [0.5, 0.6) is 0 Å². The van der Waals surface area contributed by atoms with Gasteiger partial charge in [0.1, 0.15) is 5.82 Å². The number of rotatable bonds is 1. The molecule has 0 spiro atoms. The van der Waals surface area contributed by atoms with Gasteiger partial charge < -0.3 is 5.21 Å². The molecule has 0 atom stereocenters. The van der Waals surface area contributed by atoms with Gasteiger partial charge in [0, 0.05) is 4.47 Å². The maximum atomic E-state index is 13.0. The van der Waals surface area contributed by atoms with Crippen molar-refractivity contribution in [3.8, 4) is 0 Å². The second-order valence-electron chi connectivity index (χ2n) is 2.03. The van der Waals surface area contributed by atoms with Crippen molar-refractivity contribution in [3.05, 3.63) is 33.0 Å². The summed E-state index contributed by atoms with van der Waals surface area (Å²) in [6, 6.07) is 2.75. The van der Waals surface area contributed by atoms with Crippen LogP contribution in [0.15, 0.2) is 21.8 Å². The molecule has 2 nitrogen and oxygen atoms in total. The first-order valence-electron chi connectivity index (χ1n) is 2.97. The Kier molecular flexibility index (Phi) is 3.05. The van der Waals surface area contributed by atoms with E-state index in [2.05, 4.69) is 21.1 Å². The quantitative estimate of drug-likeness (QED) is 0.465. The Hall–Kier alpha value is -0.610. The van der Waals surface area contributed by atoms with Crippen LogP contribution in [-0.4, -0.2) is 11.4 Å². The Morgan fingerprint density at radius 2 is 2.25 bits per heavy atom. The molecule has 5 heteroatoms. The van der Waals surface area contributed by atoms with Crippen LogP contribution in [0, 0.1) is 5.82 Å². The molecule has 0 unspecified atom stereocenters. The van der Waals surface area contributed by atoms with Crippen molar-refractivity contribution in [2.45, 2.75) is 0 Å². The molecule has 0 aliphatic carbocycles. The number of benzene rings is 1. The lowest BCUT2D eigenvalue weighted by atomic mass is 10.2. The lowest BCUT2D eigenvalue weighted by Gasteiger charge is -1.99. The van der Waals surface area contributed by atoms with Gasteiger partial charge in [0.15, 0.2) is 0 Å². The van der Waals surface area contributed by atoms with E-state index in [0.29, 0.717) is 4.47 Å². The largest absolute Gasteiger partial charge is 0.411 e. The van der Waals surface area contributed by atoms with Gasteiger partial charge in [-0.15, -0.1) is 0 Å². The molecule has 0 bridgehead atoms. The van der Waals surface area contributed by atoms with Gasteiger partial charge in [0.05, 0.1) is 16.8 Å². The van der Waals surface area contributed by atoms with Gasteiger partial charge in [-0.1, -0.05) is 32.7 Å². The summed E-state index contributed by atoms with van der Waals surface area (Å²) in [4.78, 5) is 0. The second-order valence-corrected chi connectivity index (χ2v) is 3.35. The fraction of sp³-hybridized carbons (Fsp3) is 0. The number of oxime groups is 1. The van der Waals surface area contributed by atoms with Gasteiger partial charge in [-0.2, -0.15) is 0 Å². The van der Waals surface area contributed by atoms with E-state index in [4.69, 9.17) is 16.8 Å². The van der Waals surface area contributed by atoms with Gasteiger partial charge in [-0.3, -0.25) is 0 Å². The van der Waals surface area contributed by atoms with Crippen LogP contribution in [-0.2, 0) is 0 Å². The van der Waals surface area contributed by atoms with Crippen molar-refractivity contribution in [2.75, 3.05) is 0 Å². The molecule has 1 rings (SSSR count). The third-order valence-corrected chi connectivity index (χ3v) is 2.00. The zero-order chi connectivity index (χ0) is 9.14. The Bertz CT molecular complexity index is 306. The summed E-state index contributed by atoms with van der Waals surface area (Å²) in [6.45, 7) is 0. The fourth-order valence-electron chi connectivity index (χ4n) is 0.734. The molecule has 0 heterocycles. The smallest absolute Gasteiger partial charge is 0.134 e. The molecule has 0 aliphatic rings. The molecule has 64 valence electrons. The van der Waals surface area contributed by atoms with Gasteiger partial charge in [0.2, 0.25) is 0 Å². The molecule has 0 aliphatic heterocycles. The summed E-state index contributed by atoms with van der Waals surface area (Å²) in [5.74, 6) is -0.535. The molecular formula is C7H4BrClFNO. The van der Waals surface area contributed by atoms with E-state index in [1.54, 1.807) is 0 Å². The van der Waals surface area contributed by atoms with E-state index in [1.165, 1.54) is 12.1 Å². The van der Waals surface area contributed by atoms with Gasteiger partial charge in [-0.25, -0.2) is 4.39 Å². The molecule has 12 heavy (non-hydrogen) atoms. The third kappa shape index (κ3) is 1.95. The van der Waals surface area contributed by atoms with Crippen LogP contribution in [0.4, 0.5) is 4.39 Å². The summed E-state index contributed by atoms with van der Waals surface area (Å²) in [5, 5.41) is 11.1. The Balaban J connectivity index is 3.28. The van der Waals surface area contributed by atoms with E-state index in [-0.39, 0.29) is 10.6 Å². The molecule has 0 saturated heterocycles. The zero-order valence-electron chi connectivity index (χ0n) is 5.76. The van der Waals surface area contributed by atoms with Crippen LogP contribution >= 0.6 is 27.5 Å². The minimum atomic E-state index is -0.535. The summed E-state index contributed by atoms with van der Waals surface area (Å²) in [5.41, 5.74) is 0.0716. The Morgan fingerprint density at radius 1 is 1.58 bits per heavy atom. The van der Waals surface area contributed by atoms with E-state index in [1.807, 2.05) is 0 Å². The van der Waals surface area contributed by atoms with E-state index in [0.717, 1.165) is 6.21 Å². The topological polar surface area (TPSA) is 32.6 Å². The first kappa shape index (κ1) is 9.48. The Labute approximate surface area is 81.8 Å². The van der Waals surface area contributed by atoms with Gasteiger partial charge >= 0.3 is 0 Å². The predicted octanol–water partition coefficient (Wildman–Crippen LogP) is 3.05. The monoisotopic (exact) mass is 251 g/mol. The van der Waals surface area contributed by atoms with Gasteiger partial charge in [0.25, 0.3) is 0 Å². The highest BCUT2D eigenvalue weighted by atomic mass is 79.9. The lowest BCUT2D eigenvalue weighted by Crippen LogP contribution is -1.89. The van der Waals surface area contributed by atoms with E-state index >= 15 is 0 Å². The van der Waals surface area contributed by atoms with Crippen LogP contribution < -0.4 is 0 Å². The Morgan fingerprint density at radius 3 is 2.75 bits per heavy atom. The number of hydrogen-bond donors (Lipinski definition) is 1. The molecule has 0 amide bonds. The molecule has 0 fully saturated rings. The second kappa shape index (κ2) is 3.87. The summed E-state index contributed by atoms with van der Waals surface area (Å²) in [6.07, 6.45) is 0.949. The molecular weight excluding hydrogens is 248 g/mol. The average molecular weight is 252 g/mol. The van der Waals surface area contributed by atoms with Crippen molar-refractivity contribution in [1.29, 1.82) is 0 Å². The van der Waals surface area contributed by atoms with E-state index in [9.17, 15) is 4.39 Å². The highest BCUT2D eigenvalue weighted by Gasteiger charge is 2.06. The highest BCUT2D eigenvalue weighted by molar-refractivity contribution is 9.10. The average Bonchev–Trinajstić information content (AvgIpc) is 1.96. The van der Waals surface area contributed by atoms with Crippen molar-refractivity contribution >= 4 is 33.7 Å². The maximum absolute atomic E-state index is 13.0. The standard InChI is InChI=1S/C7H4BrClFNO/c8-4-1-6(9)5(3-11-12)7(10)2-4/h1-3,12H. The molecule has 0 aromatic heterocycles. The first-order valence-corrected chi connectivity index (χ1v) is 4.14. The molecule has 1 N–H and O–H groups in total. The summed E-state index contributed by atoms with van der Waals surface area (Å²) >= 11 is 8.71. The highest BCUT2D eigenvalue weighted by Crippen LogP contribution is 2.23. The van der Waals surface area contributed by atoms with Crippen LogP contribution in [0.1, 0.15) is 5.56 Å². The number of hydrogen-bond acceptors (Lipinski definition) is 2. The minimum absolute atomic E-state index is 0.0716. The molecule has 1 aromatic carbocycles. The van der Waals surface area contributed by atoms with Crippen LogP contribution in [0.3, 0.4) is 0 Å². The van der Waals surface area contributed by atoms with Crippen LogP contribution in [0.25, 0.3) is 0 Å². The summed E-state index contributed by atoms with van der Waals surface area (Å²) < 4.78 is 13.5. The fourth-order valence-corrected chi connectivity index (χ4v) is 1.55. The minimum Gasteiger partial charge on any atom is -0.411 e. The first-order chi connectivity index (χ1) is 5.65. The van der Waals surface area contributed by atoms with Crippen LogP contribution in [0.2, 0.25) is 5.02 Å². The lowest BCUT2D eigenvalue weighted by molar-refractivity contribution is 0.321. The molecule has 0 radical (unpaired) electrons. The van der Waals surface area contributed by atoms with Crippen molar-refractivity contribution < 1.29 is 9.60 Å². The number of nitrogens with zero attached hydrogens (tertiary/aromatic N) is 1. The maximum Gasteiger partial charge on any atom is 0.134 e. The summed E-state index contributed by atoms with van der Waals surface area (Å²) in [7, 11) is 0. The van der Waals surface area contributed by atoms with Gasteiger partial charge in [-0.05, 0) is 12.1 Å².